The number of primary amides is 1. The Morgan fingerprint density at radius 1 is 1.28 bits per heavy atom. The molecule has 0 aliphatic heterocycles. The van der Waals surface area contributed by atoms with Gasteiger partial charge in [-0.1, -0.05) is 0 Å². The number of anilines is 3. The van der Waals surface area contributed by atoms with E-state index in [2.05, 4.69) is 10.3 Å². The summed E-state index contributed by atoms with van der Waals surface area (Å²) in [5.74, 6) is -0.705. The van der Waals surface area contributed by atoms with E-state index in [4.69, 9.17) is 11.5 Å². The number of hydrogen-bond donors (Lipinski definition) is 3. The van der Waals surface area contributed by atoms with Crippen LogP contribution >= 0.6 is 0 Å². The molecule has 92 valence electrons. The van der Waals surface area contributed by atoms with Gasteiger partial charge in [-0.05, 0) is 30.3 Å². The van der Waals surface area contributed by atoms with E-state index >= 15 is 0 Å². The molecule has 0 saturated carbocycles. The van der Waals surface area contributed by atoms with Crippen LogP contribution in [0.3, 0.4) is 0 Å². The predicted molar refractivity (Wildman–Crippen MR) is 66.8 cm³/mol. The van der Waals surface area contributed by atoms with Gasteiger partial charge in [-0.15, -0.1) is 0 Å². The highest BCUT2D eigenvalue weighted by atomic mass is 19.1. The van der Waals surface area contributed by atoms with E-state index in [9.17, 15) is 9.18 Å². The summed E-state index contributed by atoms with van der Waals surface area (Å²) in [6.45, 7) is 0. The molecule has 0 saturated heterocycles. The minimum absolute atomic E-state index is 0.180. The Hall–Kier alpha value is -2.63. The minimum Gasteiger partial charge on any atom is -0.397 e. The van der Waals surface area contributed by atoms with E-state index in [1.807, 2.05) is 0 Å². The van der Waals surface area contributed by atoms with Crippen molar-refractivity contribution in [1.29, 1.82) is 0 Å². The normalized spacial score (nSPS) is 10.1. The molecule has 2 rings (SSSR count). The largest absolute Gasteiger partial charge is 0.397 e. The first-order chi connectivity index (χ1) is 8.56. The maximum atomic E-state index is 12.8. The van der Waals surface area contributed by atoms with Gasteiger partial charge >= 0.3 is 0 Å². The van der Waals surface area contributed by atoms with Crippen LogP contribution in [0, 0.1) is 5.82 Å². The van der Waals surface area contributed by atoms with Crippen LogP contribution in [-0.2, 0) is 0 Å². The molecule has 1 heterocycles. The zero-order chi connectivity index (χ0) is 13.1. The Labute approximate surface area is 103 Å². The van der Waals surface area contributed by atoms with E-state index in [1.165, 1.54) is 36.5 Å². The average molecular weight is 246 g/mol. The molecule has 5 N–H and O–H groups in total. The molecule has 1 aromatic heterocycles. The highest BCUT2D eigenvalue weighted by Crippen LogP contribution is 2.20. The quantitative estimate of drug-likeness (QED) is 0.767. The van der Waals surface area contributed by atoms with Crippen molar-refractivity contribution in [3.8, 4) is 0 Å². The van der Waals surface area contributed by atoms with Crippen LogP contribution in [0.1, 0.15) is 10.4 Å². The fourth-order valence-electron chi connectivity index (χ4n) is 1.44. The van der Waals surface area contributed by atoms with Gasteiger partial charge in [0.25, 0.3) is 5.91 Å². The highest BCUT2D eigenvalue weighted by molar-refractivity contribution is 5.99. The molecule has 1 amide bonds. The lowest BCUT2D eigenvalue weighted by molar-refractivity contribution is 0.100. The summed E-state index contributed by atoms with van der Waals surface area (Å²) in [5, 5.41) is 2.87. The predicted octanol–water partition coefficient (Wildman–Crippen LogP) is 1.65. The molecular weight excluding hydrogens is 235 g/mol. The molecular formula is C12H11FN4O. The molecule has 0 unspecified atom stereocenters. The van der Waals surface area contributed by atoms with Crippen molar-refractivity contribution in [3.05, 3.63) is 47.9 Å². The van der Waals surface area contributed by atoms with Crippen molar-refractivity contribution >= 4 is 23.1 Å². The maximum Gasteiger partial charge on any atom is 0.252 e. The summed E-state index contributed by atoms with van der Waals surface area (Å²) in [6, 6.07) is 7.07. The van der Waals surface area contributed by atoms with Gasteiger partial charge in [0.1, 0.15) is 11.6 Å². The smallest absolute Gasteiger partial charge is 0.252 e. The van der Waals surface area contributed by atoms with Gasteiger partial charge in [-0.25, -0.2) is 9.37 Å². The van der Waals surface area contributed by atoms with Gasteiger partial charge in [0.05, 0.1) is 17.4 Å². The number of rotatable bonds is 3. The molecule has 2 aromatic rings. The number of nitrogen functional groups attached to an aromatic ring is 1. The lowest BCUT2D eigenvalue weighted by Crippen LogP contribution is -2.14. The Morgan fingerprint density at radius 3 is 2.56 bits per heavy atom. The van der Waals surface area contributed by atoms with Gasteiger partial charge < -0.3 is 16.8 Å². The lowest BCUT2D eigenvalue weighted by atomic mass is 10.2. The summed E-state index contributed by atoms with van der Waals surface area (Å²) in [7, 11) is 0. The molecule has 0 bridgehead atoms. The summed E-state index contributed by atoms with van der Waals surface area (Å²) in [4.78, 5) is 15.2. The number of nitrogens with one attached hydrogen (secondary N) is 1. The Balaban J connectivity index is 2.34. The molecule has 6 heteroatoms. The van der Waals surface area contributed by atoms with E-state index in [-0.39, 0.29) is 17.2 Å². The zero-order valence-electron chi connectivity index (χ0n) is 9.35. The van der Waals surface area contributed by atoms with Crippen molar-refractivity contribution in [2.45, 2.75) is 0 Å². The first-order valence-electron chi connectivity index (χ1n) is 5.14. The molecule has 18 heavy (non-hydrogen) atoms. The second-order valence-electron chi connectivity index (χ2n) is 3.66. The zero-order valence-corrected chi connectivity index (χ0v) is 9.35. The fraction of sp³-hybridized carbons (Fsp3) is 0. The number of carbonyl (C=O) groups excluding carboxylic acids is 1. The van der Waals surface area contributed by atoms with Crippen LogP contribution in [-0.4, -0.2) is 10.9 Å². The second-order valence-corrected chi connectivity index (χ2v) is 3.66. The SMILES string of the molecule is NC(=O)c1cc(N)cnc1Nc1ccc(F)cc1. The van der Waals surface area contributed by atoms with E-state index in [0.29, 0.717) is 11.4 Å². The van der Waals surface area contributed by atoms with E-state index in [1.54, 1.807) is 0 Å². The monoisotopic (exact) mass is 246 g/mol. The van der Waals surface area contributed by atoms with Crippen molar-refractivity contribution in [3.63, 3.8) is 0 Å². The lowest BCUT2D eigenvalue weighted by Gasteiger charge is -2.09. The third-order valence-corrected chi connectivity index (χ3v) is 2.28. The number of benzene rings is 1. The van der Waals surface area contributed by atoms with Gasteiger partial charge in [-0.3, -0.25) is 4.79 Å². The van der Waals surface area contributed by atoms with Crippen LogP contribution in [0.5, 0.6) is 0 Å². The van der Waals surface area contributed by atoms with E-state index in [0.717, 1.165) is 0 Å². The number of halogens is 1. The molecule has 0 fully saturated rings. The third kappa shape index (κ3) is 2.54. The molecule has 5 nitrogen and oxygen atoms in total. The van der Waals surface area contributed by atoms with Gasteiger partial charge in [0.2, 0.25) is 0 Å². The minimum atomic E-state index is -0.639. The van der Waals surface area contributed by atoms with Crippen LogP contribution in [0.15, 0.2) is 36.5 Å². The van der Waals surface area contributed by atoms with Gasteiger partial charge in [-0.2, -0.15) is 0 Å². The Morgan fingerprint density at radius 2 is 1.94 bits per heavy atom. The number of nitrogens with two attached hydrogens (primary N) is 2. The first-order valence-corrected chi connectivity index (χ1v) is 5.14. The van der Waals surface area contributed by atoms with Crippen molar-refractivity contribution in [2.24, 2.45) is 5.73 Å². The van der Waals surface area contributed by atoms with Crippen LogP contribution in [0.2, 0.25) is 0 Å². The summed E-state index contributed by atoms with van der Waals surface area (Å²) < 4.78 is 12.8. The summed E-state index contributed by atoms with van der Waals surface area (Å²) in [6.07, 6.45) is 1.40. The highest BCUT2D eigenvalue weighted by Gasteiger charge is 2.10. The number of aromatic nitrogens is 1. The Bertz CT molecular complexity index is 583. The number of hydrogen-bond acceptors (Lipinski definition) is 4. The number of nitrogens with zero attached hydrogens (tertiary/aromatic N) is 1. The average Bonchev–Trinajstić information content (AvgIpc) is 2.34. The maximum absolute atomic E-state index is 12.8. The summed E-state index contributed by atoms with van der Waals surface area (Å²) >= 11 is 0. The Kier molecular flexibility index (Phi) is 3.09. The molecule has 0 atom stereocenters. The number of pyridine rings is 1. The molecule has 0 spiro atoms. The van der Waals surface area contributed by atoms with Crippen molar-refractivity contribution in [1.82, 2.24) is 4.98 Å². The second kappa shape index (κ2) is 4.70. The first kappa shape index (κ1) is 11.8. The van der Waals surface area contributed by atoms with Gasteiger partial charge in [0, 0.05) is 5.69 Å². The molecule has 0 aliphatic carbocycles. The number of carbonyl (C=O) groups is 1. The van der Waals surface area contributed by atoms with Gasteiger partial charge in [0.15, 0.2) is 0 Å². The van der Waals surface area contributed by atoms with Crippen LogP contribution in [0.25, 0.3) is 0 Å². The summed E-state index contributed by atoms with van der Waals surface area (Å²) in [5.41, 5.74) is 11.9. The molecule has 0 radical (unpaired) electrons. The molecule has 0 aliphatic rings. The van der Waals surface area contributed by atoms with Crippen molar-refractivity contribution in [2.75, 3.05) is 11.1 Å². The fourth-order valence-corrected chi connectivity index (χ4v) is 1.44. The topological polar surface area (TPSA) is 94.0 Å². The molecule has 1 aromatic carbocycles. The van der Waals surface area contributed by atoms with Crippen molar-refractivity contribution < 1.29 is 9.18 Å². The van der Waals surface area contributed by atoms with E-state index < -0.39 is 5.91 Å². The van der Waals surface area contributed by atoms with Crippen LogP contribution < -0.4 is 16.8 Å². The van der Waals surface area contributed by atoms with Crippen LogP contribution in [0.4, 0.5) is 21.6 Å². The number of amides is 1. The standard InChI is InChI=1S/C12H11FN4O/c13-7-1-3-9(4-2-7)17-12-10(11(15)18)5-8(14)6-16-12/h1-6H,14H2,(H2,15,18)(H,16,17). The third-order valence-electron chi connectivity index (χ3n) is 2.28.